The number of nitrogens with zero attached hydrogens (tertiary/aromatic N) is 1. The third-order valence-electron chi connectivity index (χ3n) is 2.77. The van der Waals surface area contributed by atoms with Crippen molar-refractivity contribution in [3.8, 4) is 11.8 Å². The number of nitriles is 1. The van der Waals surface area contributed by atoms with E-state index < -0.39 is 6.10 Å². The van der Waals surface area contributed by atoms with E-state index in [0.717, 1.165) is 11.1 Å². The largest absolute Gasteiger partial charge is 0.493 e. The van der Waals surface area contributed by atoms with E-state index in [0.29, 0.717) is 13.0 Å². The summed E-state index contributed by atoms with van der Waals surface area (Å²) in [5.41, 5.74) is 0. The number of benzene rings is 2. The molecule has 0 bridgehead atoms. The van der Waals surface area contributed by atoms with Gasteiger partial charge in [0.05, 0.1) is 25.2 Å². The van der Waals surface area contributed by atoms with Crippen molar-refractivity contribution >= 4 is 10.8 Å². The van der Waals surface area contributed by atoms with Crippen LogP contribution in [0.3, 0.4) is 0 Å². The van der Waals surface area contributed by atoms with Crippen molar-refractivity contribution in [2.75, 3.05) is 6.61 Å². The smallest absolute Gasteiger partial charge is 0.119 e. The molecule has 0 fully saturated rings. The number of fused-ring (bicyclic) bond motifs is 1. The molecule has 0 aromatic heterocycles. The van der Waals surface area contributed by atoms with Gasteiger partial charge in [0, 0.05) is 6.42 Å². The maximum atomic E-state index is 9.40. The van der Waals surface area contributed by atoms with E-state index in [1.54, 1.807) is 0 Å². The Morgan fingerprint density at radius 1 is 1.17 bits per heavy atom. The molecule has 0 aliphatic rings. The van der Waals surface area contributed by atoms with Gasteiger partial charge in [-0.1, -0.05) is 30.3 Å². The van der Waals surface area contributed by atoms with E-state index in [1.807, 2.05) is 42.5 Å². The first kappa shape index (κ1) is 12.4. The molecule has 0 radical (unpaired) electrons. The highest BCUT2D eigenvalue weighted by atomic mass is 16.5. The Morgan fingerprint density at radius 3 is 2.72 bits per heavy atom. The van der Waals surface area contributed by atoms with Gasteiger partial charge in [-0.05, 0) is 22.9 Å². The maximum absolute atomic E-state index is 9.40. The average molecular weight is 241 g/mol. The minimum atomic E-state index is -0.601. The van der Waals surface area contributed by atoms with E-state index in [1.165, 1.54) is 5.39 Å². The summed E-state index contributed by atoms with van der Waals surface area (Å²) in [4.78, 5) is 0. The normalized spacial score (nSPS) is 12.0. The van der Waals surface area contributed by atoms with Gasteiger partial charge >= 0.3 is 0 Å². The molecular weight excluding hydrogens is 226 g/mol. The molecule has 18 heavy (non-hydrogen) atoms. The highest BCUT2D eigenvalue weighted by Crippen LogP contribution is 2.20. The topological polar surface area (TPSA) is 53.2 Å². The van der Waals surface area contributed by atoms with Crippen LogP contribution in [0.25, 0.3) is 10.8 Å². The van der Waals surface area contributed by atoms with Gasteiger partial charge in [-0.25, -0.2) is 0 Å². The minimum Gasteiger partial charge on any atom is -0.493 e. The molecule has 1 atom stereocenters. The molecule has 1 N–H and O–H groups in total. The van der Waals surface area contributed by atoms with Gasteiger partial charge in [-0.15, -0.1) is 0 Å². The number of hydrogen-bond acceptors (Lipinski definition) is 3. The van der Waals surface area contributed by atoms with Crippen LogP contribution in [0.15, 0.2) is 42.5 Å². The number of hydrogen-bond donors (Lipinski definition) is 1. The molecule has 0 spiro atoms. The summed E-state index contributed by atoms with van der Waals surface area (Å²) < 4.78 is 5.56. The van der Waals surface area contributed by atoms with Crippen molar-refractivity contribution < 1.29 is 9.84 Å². The minimum absolute atomic E-state index is 0.154. The quantitative estimate of drug-likeness (QED) is 0.875. The summed E-state index contributed by atoms with van der Waals surface area (Å²) in [6.45, 7) is 0.418. The summed E-state index contributed by atoms with van der Waals surface area (Å²) in [6.07, 6.45) is 0.0250. The Labute approximate surface area is 106 Å². The molecule has 3 heteroatoms. The Morgan fingerprint density at radius 2 is 1.94 bits per heavy atom. The summed E-state index contributed by atoms with van der Waals surface area (Å²) in [6, 6.07) is 15.9. The fourth-order valence-corrected chi connectivity index (χ4v) is 1.78. The number of ether oxygens (including phenoxy) is 1. The molecule has 2 rings (SSSR count). The van der Waals surface area contributed by atoms with Crippen molar-refractivity contribution in [3.63, 3.8) is 0 Å². The van der Waals surface area contributed by atoms with Gasteiger partial charge in [0.1, 0.15) is 5.75 Å². The predicted molar refractivity (Wildman–Crippen MR) is 70.3 cm³/mol. The first-order valence-electron chi connectivity index (χ1n) is 5.96. The molecule has 0 aliphatic carbocycles. The molecule has 0 heterocycles. The Bertz CT molecular complexity index is 560. The zero-order valence-corrected chi connectivity index (χ0v) is 10.0. The van der Waals surface area contributed by atoms with Gasteiger partial charge in [0.2, 0.25) is 0 Å². The molecular formula is C15H15NO2. The maximum Gasteiger partial charge on any atom is 0.119 e. The summed E-state index contributed by atoms with van der Waals surface area (Å²) in [7, 11) is 0. The van der Waals surface area contributed by atoms with E-state index >= 15 is 0 Å². The summed E-state index contributed by atoms with van der Waals surface area (Å²) >= 11 is 0. The van der Waals surface area contributed by atoms with Gasteiger partial charge in [0.25, 0.3) is 0 Å². The standard InChI is InChI=1S/C15H15NO2/c16-9-7-14(17)8-10-18-15-6-5-12-3-1-2-4-13(12)11-15/h1-6,11,14,17H,7-8,10H2. The number of aliphatic hydroxyl groups excluding tert-OH is 1. The molecule has 0 saturated heterocycles. The zero-order chi connectivity index (χ0) is 12.8. The molecule has 0 aliphatic heterocycles. The fraction of sp³-hybridized carbons (Fsp3) is 0.267. The lowest BCUT2D eigenvalue weighted by atomic mass is 10.1. The van der Waals surface area contributed by atoms with Gasteiger partial charge in [-0.3, -0.25) is 0 Å². The average Bonchev–Trinajstić information content (AvgIpc) is 2.39. The van der Waals surface area contributed by atoms with Crippen LogP contribution in [0.2, 0.25) is 0 Å². The number of aliphatic hydroxyl groups is 1. The molecule has 2 aromatic rings. The van der Waals surface area contributed by atoms with Gasteiger partial charge < -0.3 is 9.84 Å². The lowest BCUT2D eigenvalue weighted by molar-refractivity contribution is 0.143. The van der Waals surface area contributed by atoms with Crippen LogP contribution in [-0.4, -0.2) is 17.8 Å². The molecule has 0 saturated carbocycles. The number of rotatable bonds is 5. The second kappa shape index (κ2) is 6.04. The predicted octanol–water partition coefficient (Wildman–Crippen LogP) is 2.88. The lowest BCUT2D eigenvalue weighted by Crippen LogP contribution is -2.10. The van der Waals surface area contributed by atoms with Crippen molar-refractivity contribution in [2.45, 2.75) is 18.9 Å². The highest BCUT2D eigenvalue weighted by Gasteiger charge is 2.03. The van der Waals surface area contributed by atoms with Crippen LogP contribution in [-0.2, 0) is 0 Å². The third-order valence-corrected chi connectivity index (χ3v) is 2.77. The summed E-state index contributed by atoms with van der Waals surface area (Å²) in [5.74, 6) is 0.790. The highest BCUT2D eigenvalue weighted by molar-refractivity contribution is 5.83. The van der Waals surface area contributed by atoms with Crippen LogP contribution in [0, 0.1) is 11.3 Å². The van der Waals surface area contributed by atoms with Crippen molar-refractivity contribution in [1.29, 1.82) is 5.26 Å². The Kier molecular flexibility index (Phi) is 4.16. The molecule has 1 unspecified atom stereocenters. The lowest BCUT2D eigenvalue weighted by Gasteiger charge is -2.09. The first-order valence-corrected chi connectivity index (χ1v) is 5.96. The second-order valence-electron chi connectivity index (χ2n) is 4.16. The Balaban J connectivity index is 1.94. The molecule has 0 amide bonds. The Hall–Kier alpha value is -2.05. The van der Waals surface area contributed by atoms with E-state index in [9.17, 15) is 5.11 Å². The molecule has 2 aromatic carbocycles. The van der Waals surface area contributed by atoms with Crippen LogP contribution in [0.4, 0.5) is 0 Å². The third kappa shape index (κ3) is 3.22. The summed E-state index contributed by atoms with van der Waals surface area (Å²) in [5, 5.41) is 20.1. The van der Waals surface area contributed by atoms with Crippen molar-refractivity contribution in [3.05, 3.63) is 42.5 Å². The van der Waals surface area contributed by atoms with Crippen molar-refractivity contribution in [2.24, 2.45) is 0 Å². The van der Waals surface area contributed by atoms with Gasteiger partial charge in [0.15, 0.2) is 0 Å². The zero-order valence-electron chi connectivity index (χ0n) is 10.0. The SMILES string of the molecule is N#CCC(O)CCOc1ccc2ccccc2c1. The van der Waals surface area contributed by atoms with E-state index in [-0.39, 0.29) is 6.42 Å². The monoisotopic (exact) mass is 241 g/mol. The van der Waals surface area contributed by atoms with Crippen molar-refractivity contribution in [1.82, 2.24) is 0 Å². The van der Waals surface area contributed by atoms with Crippen LogP contribution < -0.4 is 4.74 Å². The van der Waals surface area contributed by atoms with E-state index in [4.69, 9.17) is 10.00 Å². The first-order chi connectivity index (χ1) is 8.79. The van der Waals surface area contributed by atoms with Crippen LogP contribution >= 0.6 is 0 Å². The second-order valence-corrected chi connectivity index (χ2v) is 4.16. The van der Waals surface area contributed by atoms with Gasteiger partial charge in [-0.2, -0.15) is 5.26 Å². The van der Waals surface area contributed by atoms with E-state index in [2.05, 4.69) is 6.07 Å². The fourth-order valence-electron chi connectivity index (χ4n) is 1.78. The molecule has 3 nitrogen and oxygen atoms in total. The van der Waals surface area contributed by atoms with Crippen LogP contribution in [0.1, 0.15) is 12.8 Å². The van der Waals surface area contributed by atoms with Crippen LogP contribution in [0.5, 0.6) is 5.75 Å². The molecule has 92 valence electrons.